The maximum Gasteiger partial charge on any atom is 0.0410 e. The largest absolute Gasteiger partial charge is 0.342 e. The van der Waals surface area contributed by atoms with Gasteiger partial charge in [-0.05, 0) is 36.8 Å². The first kappa shape index (κ1) is 11.7. The van der Waals surface area contributed by atoms with Crippen LogP contribution < -0.4 is 10.6 Å². The summed E-state index contributed by atoms with van der Waals surface area (Å²) in [4.78, 5) is 2.28. The molecule has 0 fully saturated rings. The molecule has 17 heavy (non-hydrogen) atoms. The van der Waals surface area contributed by atoms with Crippen LogP contribution in [0.1, 0.15) is 12.5 Å². The Hall–Kier alpha value is -1.80. The summed E-state index contributed by atoms with van der Waals surface area (Å²) < 4.78 is 0. The Balaban J connectivity index is 2.29. The van der Waals surface area contributed by atoms with Crippen LogP contribution >= 0.6 is 0 Å². The van der Waals surface area contributed by atoms with E-state index in [4.69, 9.17) is 5.73 Å². The highest BCUT2D eigenvalue weighted by atomic mass is 15.1. The van der Waals surface area contributed by atoms with Crippen LogP contribution in [0.25, 0.3) is 0 Å². The van der Waals surface area contributed by atoms with Gasteiger partial charge >= 0.3 is 0 Å². The van der Waals surface area contributed by atoms with Gasteiger partial charge in [-0.1, -0.05) is 30.3 Å². The number of rotatable bonds is 4. The minimum atomic E-state index is 0.595. The van der Waals surface area contributed by atoms with Gasteiger partial charge in [-0.2, -0.15) is 0 Å². The SMILES string of the molecule is CCN(c1ccccc1)c1ccc(CN)cc1. The normalized spacial score (nSPS) is 10.2. The topological polar surface area (TPSA) is 29.3 Å². The summed E-state index contributed by atoms with van der Waals surface area (Å²) in [6, 6.07) is 18.8. The van der Waals surface area contributed by atoms with Gasteiger partial charge in [-0.3, -0.25) is 0 Å². The van der Waals surface area contributed by atoms with Crippen LogP contribution in [0.3, 0.4) is 0 Å². The molecule has 2 aromatic carbocycles. The fourth-order valence-corrected chi connectivity index (χ4v) is 1.93. The van der Waals surface area contributed by atoms with Crippen molar-refractivity contribution in [1.29, 1.82) is 0 Å². The molecule has 0 radical (unpaired) electrons. The van der Waals surface area contributed by atoms with Gasteiger partial charge in [0.1, 0.15) is 0 Å². The van der Waals surface area contributed by atoms with Gasteiger partial charge < -0.3 is 10.6 Å². The van der Waals surface area contributed by atoms with Crippen LogP contribution in [0.15, 0.2) is 54.6 Å². The standard InChI is InChI=1S/C15H18N2/c1-2-17(14-6-4-3-5-7-14)15-10-8-13(12-16)9-11-15/h3-11H,2,12,16H2,1H3. The monoisotopic (exact) mass is 226 g/mol. The number of benzene rings is 2. The quantitative estimate of drug-likeness (QED) is 0.866. The molecule has 2 heteroatoms. The van der Waals surface area contributed by atoms with Crippen molar-refractivity contribution in [2.45, 2.75) is 13.5 Å². The molecule has 0 unspecified atom stereocenters. The number of para-hydroxylation sites is 1. The van der Waals surface area contributed by atoms with Crippen molar-refractivity contribution in [3.8, 4) is 0 Å². The van der Waals surface area contributed by atoms with Crippen molar-refractivity contribution >= 4 is 11.4 Å². The highest BCUT2D eigenvalue weighted by Gasteiger charge is 2.05. The molecular formula is C15H18N2. The van der Waals surface area contributed by atoms with E-state index in [1.807, 2.05) is 6.07 Å². The van der Waals surface area contributed by atoms with Crippen LogP contribution in [0.5, 0.6) is 0 Å². The first-order valence-corrected chi connectivity index (χ1v) is 5.96. The lowest BCUT2D eigenvalue weighted by Gasteiger charge is -2.23. The van der Waals surface area contributed by atoms with E-state index >= 15 is 0 Å². The van der Waals surface area contributed by atoms with E-state index in [1.165, 1.54) is 11.4 Å². The Morgan fingerprint density at radius 1 is 0.882 bits per heavy atom. The number of nitrogens with two attached hydrogens (primary N) is 1. The zero-order valence-corrected chi connectivity index (χ0v) is 10.1. The molecule has 0 amide bonds. The molecule has 0 spiro atoms. The van der Waals surface area contributed by atoms with E-state index in [0.29, 0.717) is 6.54 Å². The Kier molecular flexibility index (Phi) is 3.78. The molecule has 2 rings (SSSR count). The minimum absolute atomic E-state index is 0.595. The van der Waals surface area contributed by atoms with Gasteiger partial charge in [0.15, 0.2) is 0 Å². The second kappa shape index (κ2) is 5.51. The lowest BCUT2D eigenvalue weighted by Crippen LogP contribution is -2.15. The number of hydrogen-bond acceptors (Lipinski definition) is 2. The summed E-state index contributed by atoms with van der Waals surface area (Å²) in [5, 5.41) is 0. The summed E-state index contributed by atoms with van der Waals surface area (Å²) in [6.45, 7) is 3.70. The van der Waals surface area contributed by atoms with E-state index in [-0.39, 0.29) is 0 Å². The third kappa shape index (κ3) is 2.66. The summed E-state index contributed by atoms with van der Waals surface area (Å²) in [5.41, 5.74) is 9.19. The maximum atomic E-state index is 5.61. The fourth-order valence-electron chi connectivity index (χ4n) is 1.93. The van der Waals surface area contributed by atoms with Gasteiger partial charge in [0.05, 0.1) is 0 Å². The molecule has 0 aliphatic carbocycles. The first-order chi connectivity index (χ1) is 8.35. The lowest BCUT2D eigenvalue weighted by atomic mass is 10.2. The highest BCUT2D eigenvalue weighted by molar-refractivity contribution is 5.63. The van der Waals surface area contributed by atoms with Gasteiger partial charge in [-0.25, -0.2) is 0 Å². The van der Waals surface area contributed by atoms with E-state index in [0.717, 1.165) is 12.1 Å². The van der Waals surface area contributed by atoms with Crippen molar-refractivity contribution in [1.82, 2.24) is 0 Å². The molecule has 0 saturated carbocycles. The highest BCUT2D eigenvalue weighted by Crippen LogP contribution is 2.24. The molecule has 0 saturated heterocycles. The minimum Gasteiger partial charge on any atom is -0.342 e. The van der Waals surface area contributed by atoms with Crippen LogP contribution in [-0.4, -0.2) is 6.54 Å². The average Bonchev–Trinajstić information content (AvgIpc) is 2.42. The smallest absolute Gasteiger partial charge is 0.0410 e. The molecule has 88 valence electrons. The maximum absolute atomic E-state index is 5.61. The molecule has 2 nitrogen and oxygen atoms in total. The number of hydrogen-bond donors (Lipinski definition) is 1. The molecule has 0 aliphatic rings. The second-order valence-corrected chi connectivity index (χ2v) is 3.95. The van der Waals surface area contributed by atoms with E-state index < -0.39 is 0 Å². The van der Waals surface area contributed by atoms with Crippen molar-refractivity contribution in [3.05, 3.63) is 60.2 Å². The van der Waals surface area contributed by atoms with E-state index in [2.05, 4.69) is 60.4 Å². The Morgan fingerprint density at radius 3 is 2.00 bits per heavy atom. The molecular weight excluding hydrogens is 208 g/mol. The average molecular weight is 226 g/mol. The third-order valence-electron chi connectivity index (χ3n) is 2.87. The summed E-state index contributed by atoms with van der Waals surface area (Å²) in [6.07, 6.45) is 0. The van der Waals surface area contributed by atoms with Gasteiger partial charge in [-0.15, -0.1) is 0 Å². The fraction of sp³-hybridized carbons (Fsp3) is 0.200. The van der Waals surface area contributed by atoms with Crippen molar-refractivity contribution < 1.29 is 0 Å². The first-order valence-electron chi connectivity index (χ1n) is 5.96. The summed E-state index contributed by atoms with van der Waals surface area (Å²) in [5.74, 6) is 0. The second-order valence-electron chi connectivity index (χ2n) is 3.95. The molecule has 0 heterocycles. The Bertz CT molecular complexity index is 448. The van der Waals surface area contributed by atoms with Crippen LogP contribution in [0, 0.1) is 0 Å². The van der Waals surface area contributed by atoms with Crippen molar-refractivity contribution in [2.75, 3.05) is 11.4 Å². The molecule has 0 aromatic heterocycles. The molecule has 0 aliphatic heterocycles. The van der Waals surface area contributed by atoms with Gasteiger partial charge in [0.25, 0.3) is 0 Å². The van der Waals surface area contributed by atoms with Gasteiger partial charge in [0.2, 0.25) is 0 Å². The zero-order valence-electron chi connectivity index (χ0n) is 10.1. The van der Waals surface area contributed by atoms with Crippen LogP contribution in [0.4, 0.5) is 11.4 Å². The van der Waals surface area contributed by atoms with Gasteiger partial charge in [0, 0.05) is 24.5 Å². The molecule has 0 bridgehead atoms. The predicted octanol–water partition coefficient (Wildman–Crippen LogP) is 3.30. The van der Waals surface area contributed by atoms with Crippen molar-refractivity contribution in [3.63, 3.8) is 0 Å². The molecule has 2 N–H and O–H groups in total. The third-order valence-corrected chi connectivity index (χ3v) is 2.87. The number of nitrogens with zero attached hydrogens (tertiary/aromatic N) is 1. The lowest BCUT2D eigenvalue weighted by molar-refractivity contribution is 1.02. The van der Waals surface area contributed by atoms with E-state index in [9.17, 15) is 0 Å². The Labute approximate surface area is 103 Å². The van der Waals surface area contributed by atoms with E-state index in [1.54, 1.807) is 0 Å². The molecule has 0 atom stereocenters. The predicted molar refractivity (Wildman–Crippen MR) is 73.5 cm³/mol. The van der Waals surface area contributed by atoms with Crippen LogP contribution in [-0.2, 0) is 6.54 Å². The summed E-state index contributed by atoms with van der Waals surface area (Å²) >= 11 is 0. The molecule has 2 aromatic rings. The summed E-state index contributed by atoms with van der Waals surface area (Å²) in [7, 11) is 0. The van der Waals surface area contributed by atoms with Crippen molar-refractivity contribution in [2.24, 2.45) is 5.73 Å². The zero-order chi connectivity index (χ0) is 12.1. The Morgan fingerprint density at radius 2 is 1.47 bits per heavy atom. The van der Waals surface area contributed by atoms with Crippen LogP contribution in [0.2, 0.25) is 0 Å². The number of anilines is 2.